The van der Waals surface area contributed by atoms with Gasteiger partial charge in [-0.15, -0.1) is 0 Å². The second-order valence-electron chi connectivity index (χ2n) is 9.60. The molecule has 0 bridgehead atoms. The molecule has 0 fully saturated rings. The molecule has 0 aromatic heterocycles. The van der Waals surface area contributed by atoms with Crippen LogP contribution in [0.1, 0.15) is 90.7 Å². The number of rotatable bonds is 9. The lowest BCUT2D eigenvalue weighted by atomic mass is 9.60. The van der Waals surface area contributed by atoms with Crippen LogP contribution in [0.4, 0.5) is 0 Å². The Labute approximate surface area is 189 Å². The summed E-state index contributed by atoms with van der Waals surface area (Å²) in [6, 6.07) is 4.95. The van der Waals surface area contributed by atoms with Crippen LogP contribution in [-0.2, 0) is 12.8 Å². The van der Waals surface area contributed by atoms with Crippen LogP contribution in [0, 0.1) is 5.41 Å². The third kappa shape index (κ3) is 3.63. The van der Waals surface area contributed by atoms with Crippen molar-refractivity contribution in [3.05, 3.63) is 80.3 Å². The molecule has 0 heteroatoms. The Balaban J connectivity index is 2.10. The largest absolute Gasteiger partial charge is 0.0801 e. The summed E-state index contributed by atoms with van der Waals surface area (Å²) in [6.07, 6.45) is 22.9. The molecule has 31 heavy (non-hydrogen) atoms. The second-order valence-corrected chi connectivity index (χ2v) is 9.60. The maximum atomic E-state index is 2.64. The summed E-state index contributed by atoms with van der Waals surface area (Å²) in [6.45, 7) is 11.7. The minimum atomic E-state index is 0.193. The molecule has 0 amide bonds. The zero-order valence-corrected chi connectivity index (χ0v) is 20.4. The Morgan fingerprint density at radius 1 is 0.871 bits per heavy atom. The highest BCUT2D eigenvalue weighted by Gasteiger charge is 2.42. The van der Waals surface area contributed by atoms with E-state index >= 15 is 0 Å². The average Bonchev–Trinajstić information content (AvgIpc) is 3.42. The van der Waals surface area contributed by atoms with Crippen LogP contribution in [0.2, 0.25) is 0 Å². The molecular formula is C31H40. The Morgan fingerprint density at radius 3 is 2.29 bits per heavy atom. The highest BCUT2D eigenvalue weighted by atomic mass is 14.4. The molecule has 1 atom stereocenters. The summed E-state index contributed by atoms with van der Waals surface area (Å²) in [5.74, 6) is 0. The molecule has 3 aliphatic carbocycles. The monoisotopic (exact) mass is 412 g/mol. The SMILES string of the molecule is CCCC1=CC2=c3c(CCC)cc(CC)cc3=CC2=C(C2=CC=CC2)C1(CC)CCC. The van der Waals surface area contributed by atoms with Crippen molar-refractivity contribution in [1.82, 2.24) is 0 Å². The van der Waals surface area contributed by atoms with Crippen LogP contribution < -0.4 is 10.4 Å². The van der Waals surface area contributed by atoms with Crippen LogP contribution >= 0.6 is 0 Å². The van der Waals surface area contributed by atoms with Gasteiger partial charge in [-0.2, -0.15) is 0 Å². The van der Waals surface area contributed by atoms with E-state index in [1.54, 1.807) is 22.3 Å². The molecule has 0 saturated heterocycles. The highest BCUT2D eigenvalue weighted by molar-refractivity contribution is 5.93. The molecular weight excluding hydrogens is 372 g/mol. The number of allylic oxidation sites excluding steroid dienone is 8. The quantitative estimate of drug-likeness (QED) is 0.400. The summed E-state index contributed by atoms with van der Waals surface area (Å²) >= 11 is 0. The van der Waals surface area contributed by atoms with E-state index in [2.05, 4.69) is 77.1 Å². The van der Waals surface area contributed by atoms with Crippen LogP contribution in [0.3, 0.4) is 0 Å². The van der Waals surface area contributed by atoms with Gasteiger partial charge in [-0.3, -0.25) is 0 Å². The number of hydrogen-bond acceptors (Lipinski definition) is 0. The lowest BCUT2D eigenvalue weighted by Gasteiger charge is -2.43. The van der Waals surface area contributed by atoms with Crippen molar-refractivity contribution in [3.63, 3.8) is 0 Å². The highest BCUT2D eigenvalue weighted by Crippen LogP contribution is 2.55. The third-order valence-corrected chi connectivity index (χ3v) is 7.67. The van der Waals surface area contributed by atoms with E-state index in [0.717, 1.165) is 12.8 Å². The average molecular weight is 413 g/mol. The third-order valence-electron chi connectivity index (χ3n) is 7.67. The molecule has 3 aliphatic rings. The first kappa shape index (κ1) is 22.1. The second kappa shape index (κ2) is 9.19. The lowest BCUT2D eigenvalue weighted by Crippen LogP contribution is -2.32. The smallest absolute Gasteiger partial charge is 0.0171 e. The van der Waals surface area contributed by atoms with Crippen molar-refractivity contribution in [3.8, 4) is 0 Å². The minimum Gasteiger partial charge on any atom is -0.0801 e. The number of aryl methyl sites for hydroxylation is 2. The summed E-state index contributed by atoms with van der Waals surface area (Å²) in [4.78, 5) is 0. The minimum absolute atomic E-state index is 0.193. The first-order valence-electron chi connectivity index (χ1n) is 12.8. The van der Waals surface area contributed by atoms with E-state index in [9.17, 15) is 0 Å². The standard InChI is InChI=1S/C31H40/c1-6-13-24-18-22(9-4)19-25-20-28-27(29(24)25)21-26(14-7-2)31(10-5,17-8-3)30(28)23-15-11-12-16-23/h11-12,15,18-21H,6-10,13-14,16-17H2,1-5H3. The summed E-state index contributed by atoms with van der Waals surface area (Å²) in [5, 5.41) is 3.00. The lowest BCUT2D eigenvalue weighted by molar-refractivity contribution is 0.362. The van der Waals surface area contributed by atoms with Crippen molar-refractivity contribution in [2.75, 3.05) is 0 Å². The molecule has 0 spiro atoms. The summed E-state index contributed by atoms with van der Waals surface area (Å²) in [5.41, 5.74) is 11.2. The number of fused-ring (bicyclic) bond motifs is 2. The fourth-order valence-electron chi connectivity index (χ4n) is 6.35. The Kier molecular flexibility index (Phi) is 6.56. The van der Waals surface area contributed by atoms with E-state index in [0.29, 0.717) is 0 Å². The van der Waals surface area contributed by atoms with Gasteiger partial charge in [0.15, 0.2) is 0 Å². The van der Waals surface area contributed by atoms with Crippen LogP contribution in [0.5, 0.6) is 0 Å². The molecule has 0 N–H and O–H groups in total. The van der Waals surface area contributed by atoms with Crippen molar-refractivity contribution >= 4 is 11.6 Å². The predicted molar refractivity (Wildman–Crippen MR) is 136 cm³/mol. The predicted octanol–water partition coefficient (Wildman–Crippen LogP) is 7.27. The van der Waals surface area contributed by atoms with Crippen molar-refractivity contribution in [1.29, 1.82) is 0 Å². The number of hydrogen-bond donors (Lipinski definition) is 0. The fourth-order valence-corrected chi connectivity index (χ4v) is 6.35. The fraction of sp³-hybridized carbons (Fsp3) is 0.484. The van der Waals surface area contributed by atoms with Crippen molar-refractivity contribution < 1.29 is 0 Å². The van der Waals surface area contributed by atoms with Crippen LogP contribution in [0.25, 0.3) is 11.6 Å². The van der Waals surface area contributed by atoms with Crippen LogP contribution in [-0.4, -0.2) is 0 Å². The molecule has 0 radical (unpaired) electrons. The van der Waals surface area contributed by atoms with Gasteiger partial charge >= 0.3 is 0 Å². The molecule has 0 heterocycles. The Hall–Kier alpha value is -2.08. The summed E-state index contributed by atoms with van der Waals surface area (Å²) < 4.78 is 0. The van der Waals surface area contributed by atoms with Gasteiger partial charge in [-0.05, 0) is 88.5 Å². The van der Waals surface area contributed by atoms with Gasteiger partial charge in [0.05, 0.1) is 0 Å². The first-order chi connectivity index (χ1) is 15.1. The van der Waals surface area contributed by atoms with E-state index in [1.165, 1.54) is 72.1 Å². The summed E-state index contributed by atoms with van der Waals surface area (Å²) in [7, 11) is 0. The van der Waals surface area contributed by atoms with Crippen molar-refractivity contribution in [2.45, 2.75) is 92.4 Å². The van der Waals surface area contributed by atoms with E-state index in [1.807, 2.05) is 0 Å². The van der Waals surface area contributed by atoms with Crippen LogP contribution in [0.15, 0.2) is 58.7 Å². The van der Waals surface area contributed by atoms with Gasteiger partial charge in [0.25, 0.3) is 0 Å². The maximum Gasteiger partial charge on any atom is 0.0171 e. The van der Waals surface area contributed by atoms with Crippen molar-refractivity contribution in [2.24, 2.45) is 5.41 Å². The molecule has 1 aromatic rings. The molecule has 0 nitrogen and oxygen atoms in total. The molecule has 1 unspecified atom stereocenters. The molecule has 0 saturated carbocycles. The van der Waals surface area contributed by atoms with E-state index in [4.69, 9.17) is 0 Å². The van der Waals surface area contributed by atoms with Gasteiger partial charge in [-0.1, -0.05) is 95.9 Å². The Morgan fingerprint density at radius 2 is 1.68 bits per heavy atom. The molecule has 164 valence electrons. The molecule has 0 aliphatic heterocycles. The first-order valence-corrected chi connectivity index (χ1v) is 12.8. The molecule has 4 rings (SSSR count). The zero-order valence-electron chi connectivity index (χ0n) is 20.4. The normalized spacial score (nSPS) is 21.8. The van der Waals surface area contributed by atoms with Gasteiger partial charge in [0, 0.05) is 5.41 Å². The number of benzene rings is 1. The van der Waals surface area contributed by atoms with Gasteiger partial charge in [-0.25, -0.2) is 0 Å². The van der Waals surface area contributed by atoms with E-state index < -0.39 is 0 Å². The topological polar surface area (TPSA) is 0 Å². The zero-order chi connectivity index (χ0) is 22.0. The molecule has 1 aromatic carbocycles. The van der Waals surface area contributed by atoms with Gasteiger partial charge in [0.1, 0.15) is 0 Å². The van der Waals surface area contributed by atoms with Gasteiger partial charge < -0.3 is 0 Å². The van der Waals surface area contributed by atoms with E-state index in [-0.39, 0.29) is 5.41 Å². The van der Waals surface area contributed by atoms with Gasteiger partial charge in [0.2, 0.25) is 0 Å². The Bertz CT molecular complexity index is 1100. The maximum absolute atomic E-state index is 2.64.